The van der Waals surface area contributed by atoms with Crippen molar-refractivity contribution in [2.75, 3.05) is 13.2 Å². The Morgan fingerprint density at radius 1 is 1.16 bits per heavy atom. The van der Waals surface area contributed by atoms with Gasteiger partial charge in [-0.05, 0) is 48.1 Å². The van der Waals surface area contributed by atoms with E-state index in [0.29, 0.717) is 18.9 Å². The van der Waals surface area contributed by atoms with Crippen molar-refractivity contribution in [1.82, 2.24) is 24.6 Å². The summed E-state index contributed by atoms with van der Waals surface area (Å²) in [7, 11) is 0. The van der Waals surface area contributed by atoms with Gasteiger partial charge in [-0.25, -0.2) is 9.67 Å². The minimum atomic E-state index is -0.211. The quantitative estimate of drug-likeness (QED) is 0.426. The molecule has 1 fully saturated rings. The van der Waals surface area contributed by atoms with Crippen LogP contribution in [0.4, 0.5) is 0 Å². The smallest absolute Gasteiger partial charge is 0.293 e. The Bertz CT molecular complexity index is 1160. The molecule has 32 heavy (non-hydrogen) atoms. The van der Waals surface area contributed by atoms with E-state index in [4.69, 9.17) is 4.74 Å². The molecule has 3 aromatic heterocycles. The predicted octanol–water partition coefficient (Wildman–Crippen LogP) is 4.21. The van der Waals surface area contributed by atoms with Crippen molar-refractivity contribution >= 4 is 17.2 Å². The summed E-state index contributed by atoms with van der Waals surface area (Å²) in [6.45, 7) is 1.67. The van der Waals surface area contributed by atoms with Crippen LogP contribution in [0.25, 0.3) is 16.4 Å². The standard InChI is InChI=1S/C24H23N5O2S/c30-24(28(17-20-10-5-13-31-20)16-18-7-4-12-25-15-18)22-26-23(21-11-6-14-32-21)29(27-22)19-8-2-1-3-9-19/h1-4,6-9,11-12,14-15,20H,5,10,13,16-17H2. The molecule has 1 aliphatic rings. The van der Waals surface area contributed by atoms with E-state index in [2.05, 4.69) is 15.1 Å². The molecule has 8 heteroatoms. The average molecular weight is 446 g/mol. The molecular formula is C24H23N5O2S. The zero-order valence-electron chi connectivity index (χ0n) is 17.5. The first-order valence-electron chi connectivity index (χ1n) is 10.6. The van der Waals surface area contributed by atoms with Gasteiger partial charge >= 0.3 is 0 Å². The van der Waals surface area contributed by atoms with Crippen LogP contribution in [-0.4, -0.2) is 49.8 Å². The Hall–Kier alpha value is -3.36. The third-order valence-electron chi connectivity index (χ3n) is 5.37. The highest BCUT2D eigenvalue weighted by atomic mass is 32.1. The zero-order valence-corrected chi connectivity index (χ0v) is 18.3. The Kier molecular flexibility index (Phi) is 6.04. The van der Waals surface area contributed by atoms with E-state index < -0.39 is 0 Å². The number of carbonyl (C=O) groups excluding carboxylic acids is 1. The Balaban J connectivity index is 1.50. The van der Waals surface area contributed by atoms with Gasteiger partial charge in [0.2, 0.25) is 5.82 Å². The molecule has 0 aliphatic carbocycles. The zero-order chi connectivity index (χ0) is 21.8. The minimum absolute atomic E-state index is 0.0311. The number of nitrogens with zero attached hydrogens (tertiary/aromatic N) is 5. The lowest BCUT2D eigenvalue weighted by atomic mass is 10.2. The number of benzene rings is 1. The number of carbonyl (C=O) groups is 1. The van der Waals surface area contributed by atoms with Crippen LogP contribution in [0.2, 0.25) is 0 Å². The van der Waals surface area contributed by atoms with Crippen LogP contribution >= 0.6 is 11.3 Å². The summed E-state index contributed by atoms with van der Waals surface area (Å²) in [6.07, 6.45) is 5.50. The number of thiophene rings is 1. The second-order valence-corrected chi connectivity index (χ2v) is 8.61. The van der Waals surface area contributed by atoms with Crippen LogP contribution in [-0.2, 0) is 11.3 Å². The van der Waals surface area contributed by atoms with Gasteiger partial charge < -0.3 is 9.64 Å². The van der Waals surface area contributed by atoms with Crippen molar-refractivity contribution in [2.45, 2.75) is 25.5 Å². The number of para-hydroxylation sites is 1. The summed E-state index contributed by atoms with van der Waals surface area (Å²) in [5.41, 5.74) is 1.82. The van der Waals surface area contributed by atoms with Crippen LogP contribution in [0.5, 0.6) is 0 Å². The number of hydrogen-bond donors (Lipinski definition) is 0. The van der Waals surface area contributed by atoms with E-state index in [1.54, 1.807) is 33.3 Å². The molecule has 0 bridgehead atoms. The Morgan fingerprint density at radius 2 is 2.06 bits per heavy atom. The van der Waals surface area contributed by atoms with Gasteiger partial charge in [-0.1, -0.05) is 30.3 Å². The Labute approximate surface area is 190 Å². The van der Waals surface area contributed by atoms with Crippen molar-refractivity contribution < 1.29 is 9.53 Å². The van der Waals surface area contributed by atoms with E-state index >= 15 is 0 Å². The van der Waals surface area contributed by atoms with E-state index in [0.717, 1.165) is 35.6 Å². The van der Waals surface area contributed by atoms with Crippen molar-refractivity contribution in [3.05, 3.63) is 83.8 Å². The predicted molar refractivity (Wildman–Crippen MR) is 123 cm³/mol. The van der Waals surface area contributed by atoms with Gasteiger partial charge in [0.25, 0.3) is 5.91 Å². The summed E-state index contributed by atoms with van der Waals surface area (Å²) in [5, 5.41) is 6.63. The fourth-order valence-corrected chi connectivity index (χ4v) is 4.52. The summed E-state index contributed by atoms with van der Waals surface area (Å²) >= 11 is 1.57. The van der Waals surface area contributed by atoms with Crippen molar-refractivity contribution in [3.63, 3.8) is 0 Å². The van der Waals surface area contributed by atoms with Gasteiger partial charge in [-0.15, -0.1) is 16.4 Å². The molecule has 0 saturated carbocycles. The third kappa shape index (κ3) is 4.46. The molecule has 0 spiro atoms. The highest BCUT2D eigenvalue weighted by molar-refractivity contribution is 7.13. The number of hydrogen-bond acceptors (Lipinski definition) is 6. The number of amides is 1. The molecule has 4 heterocycles. The van der Waals surface area contributed by atoms with Gasteiger partial charge in [-0.2, -0.15) is 0 Å². The van der Waals surface area contributed by atoms with Crippen LogP contribution < -0.4 is 0 Å². The molecule has 162 valence electrons. The number of aromatic nitrogens is 4. The first-order chi connectivity index (χ1) is 15.8. The Morgan fingerprint density at radius 3 is 2.78 bits per heavy atom. The van der Waals surface area contributed by atoms with E-state index in [1.165, 1.54) is 0 Å². The monoisotopic (exact) mass is 445 g/mol. The molecule has 1 amide bonds. The lowest BCUT2D eigenvalue weighted by molar-refractivity contribution is 0.0498. The van der Waals surface area contributed by atoms with Crippen molar-refractivity contribution in [1.29, 1.82) is 0 Å². The maximum atomic E-state index is 13.6. The molecule has 0 N–H and O–H groups in total. The maximum Gasteiger partial charge on any atom is 0.293 e. The second kappa shape index (κ2) is 9.42. The van der Waals surface area contributed by atoms with Gasteiger partial charge in [0.05, 0.1) is 16.7 Å². The highest BCUT2D eigenvalue weighted by Crippen LogP contribution is 2.26. The van der Waals surface area contributed by atoms with E-state index in [9.17, 15) is 4.79 Å². The summed E-state index contributed by atoms with van der Waals surface area (Å²) in [6, 6.07) is 17.6. The normalized spacial score (nSPS) is 15.7. The SMILES string of the molecule is O=C(c1nc(-c2cccs2)n(-c2ccccc2)n1)N(Cc1cccnc1)CC1CCCO1. The number of rotatable bonds is 7. The van der Waals surface area contributed by atoms with Crippen LogP contribution in [0, 0.1) is 0 Å². The van der Waals surface area contributed by atoms with Gasteiger partial charge in [0, 0.05) is 32.1 Å². The van der Waals surface area contributed by atoms with Gasteiger partial charge in [0.15, 0.2) is 5.82 Å². The van der Waals surface area contributed by atoms with E-state index in [1.807, 2.05) is 60.0 Å². The second-order valence-electron chi connectivity index (χ2n) is 7.67. The number of pyridine rings is 1. The first kappa shape index (κ1) is 20.5. The minimum Gasteiger partial charge on any atom is -0.376 e. The summed E-state index contributed by atoms with van der Waals surface area (Å²) in [4.78, 5) is 25.2. The average Bonchev–Trinajstić information content (AvgIpc) is 3.61. The largest absolute Gasteiger partial charge is 0.376 e. The highest BCUT2D eigenvalue weighted by Gasteiger charge is 2.27. The van der Waals surface area contributed by atoms with Crippen molar-refractivity contribution in [2.24, 2.45) is 0 Å². The summed E-state index contributed by atoms with van der Waals surface area (Å²) in [5.74, 6) is 0.629. The maximum absolute atomic E-state index is 13.6. The van der Waals surface area contributed by atoms with Gasteiger partial charge in [0.1, 0.15) is 0 Å². The molecule has 1 atom stereocenters. The lowest BCUT2D eigenvalue weighted by Crippen LogP contribution is -2.37. The molecule has 1 aromatic carbocycles. The topological polar surface area (TPSA) is 73.1 Å². The fraction of sp³-hybridized carbons (Fsp3) is 0.250. The molecule has 0 radical (unpaired) electrons. The fourth-order valence-electron chi connectivity index (χ4n) is 3.82. The van der Waals surface area contributed by atoms with Crippen LogP contribution in [0.1, 0.15) is 29.0 Å². The molecule has 1 aliphatic heterocycles. The number of ether oxygens (including phenoxy) is 1. The summed E-state index contributed by atoms with van der Waals surface area (Å²) < 4.78 is 7.55. The first-order valence-corrected chi connectivity index (χ1v) is 11.5. The molecule has 7 nitrogen and oxygen atoms in total. The molecular weight excluding hydrogens is 422 g/mol. The van der Waals surface area contributed by atoms with Crippen LogP contribution in [0.3, 0.4) is 0 Å². The molecule has 4 aromatic rings. The van der Waals surface area contributed by atoms with Gasteiger partial charge in [-0.3, -0.25) is 9.78 Å². The van der Waals surface area contributed by atoms with Crippen molar-refractivity contribution in [3.8, 4) is 16.4 Å². The van der Waals surface area contributed by atoms with E-state index in [-0.39, 0.29) is 17.8 Å². The third-order valence-corrected chi connectivity index (χ3v) is 6.24. The van der Waals surface area contributed by atoms with Crippen LogP contribution in [0.15, 0.2) is 72.4 Å². The lowest BCUT2D eigenvalue weighted by Gasteiger charge is -2.24. The molecule has 1 unspecified atom stereocenters. The molecule has 1 saturated heterocycles. The molecule has 5 rings (SSSR count).